The van der Waals surface area contributed by atoms with Crippen molar-refractivity contribution in [2.75, 3.05) is 0 Å². The number of rotatable bonds is 4. The molecule has 7 heteroatoms. The first-order valence-corrected chi connectivity index (χ1v) is 6.52. The lowest BCUT2D eigenvalue weighted by molar-refractivity contribution is -0.384. The lowest BCUT2D eigenvalue weighted by atomic mass is 10.1. The maximum Gasteiger partial charge on any atom is 0.288 e. The minimum atomic E-state index is -0.624. The SMILES string of the molecule is C[C@H](NC(=O)c1ccc(Cl)c([N+](=O)[O-])c1)c1ccccn1. The van der Waals surface area contributed by atoms with Crippen molar-refractivity contribution >= 4 is 23.2 Å². The van der Waals surface area contributed by atoms with E-state index in [0.29, 0.717) is 5.69 Å². The van der Waals surface area contributed by atoms with Gasteiger partial charge in [0.25, 0.3) is 11.6 Å². The van der Waals surface area contributed by atoms with Crippen LogP contribution in [0, 0.1) is 10.1 Å². The summed E-state index contributed by atoms with van der Waals surface area (Å²) in [6.07, 6.45) is 1.63. The first kappa shape index (κ1) is 14.9. The van der Waals surface area contributed by atoms with Gasteiger partial charge in [0.2, 0.25) is 0 Å². The molecule has 1 amide bonds. The molecule has 0 bridgehead atoms. The summed E-state index contributed by atoms with van der Waals surface area (Å²) in [5.41, 5.74) is 0.581. The van der Waals surface area contributed by atoms with Crippen molar-refractivity contribution in [3.05, 3.63) is 69.0 Å². The maximum atomic E-state index is 12.1. The quantitative estimate of drug-likeness (QED) is 0.694. The zero-order valence-corrected chi connectivity index (χ0v) is 11.9. The van der Waals surface area contributed by atoms with Gasteiger partial charge >= 0.3 is 0 Å². The van der Waals surface area contributed by atoms with Crippen LogP contribution in [0.2, 0.25) is 5.02 Å². The van der Waals surface area contributed by atoms with Crippen LogP contribution in [0.3, 0.4) is 0 Å². The fourth-order valence-corrected chi connectivity index (χ4v) is 1.97. The number of benzene rings is 1. The molecule has 0 aliphatic heterocycles. The Kier molecular flexibility index (Phi) is 4.49. The Balaban J connectivity index is 2.17. The van der Waals surface area contributed by atoms with Gasteiger partial charge in [-0.15, -0.1) is 0 Å². The molecule has 2 aromatic rings. The fourth-order valence-electron chi connectivity index (χ4n) is 1.78. The molecule has 6 nitrogen and oxygen atoms in total. The maximum absolute atomic E-state index is 12.1. The molecule has 108 valence electrons. The summed E-state index contributed by atoms with van der Waals surface area (Å²) in [5, 5.41) is 13.5. The van der Waals surface area contributed by atoms with E-state index in [0.717, 1.165) is 6.07 Å². The molecule has 0 fully saturated rings. The normalized spacial score (nSPS) is 11.7. The van der Waals surface area contributed by atoms with Crippen LogP contribution in [0.1, 0.15) is 29.0 Å². The van der Waals surface area contributed by atoms with Gasteiger partial charge in [0.05, 0.1) is 16.7 Å². The van der Waals surface area contributed by atoms with E-state index in [9.17, 15) is 14.9 Å². The fraction of sp³-hybridized carbons (Fsp3) is 0.143. The number of nitro benzene ring substituents is 1. The molecule has 1 N–H and O–H groups in total. The van der Waals surface area contributed by atoms with Crippen LogP contribution in [-0.2, 0) is 0 Å². The van der Waals surface area contributed by atoms with E-state index in [-0.39, 0.29) is 22.3 Å². The molecule has 0 unspecified atom stereocenters. The van der Waals surface area contributed by atoms with Gasteiger partial charge in [-0.2, -0.15) is 0 Å². The highest BCUT2D eigenvalue weighted by Crippen LogP contribution is 2.25. The summed E-state index contributed by atoms with van der Waals surface area (Å²) >= 11 is 5.71. The number of hydrogen-bond acceptors (Lipinski definition) is 4. The van der Waals surface area contributed by atoms with Crippen molar-refractivity contribution in [3.63, 3.8) is 0 Å². The Morgan fingerprint density at radius 3 is 2.76 bits per heavy atom. The van der Waals surface area contributed by atoms with Gasteiger partial charge in [-0.1, -0.05) is 17.7 Å². The number of nitrogens with one attached hydrogen (secondary N) is 1. The van der Waals surface area contributed by atoms with E-state index < -0.39 is 10.8 Å². The van der Waals surface area contributed by atoms with Crippen molar-refractivity contribution < 1.29 is 9.72 Å². The summed E-state index contributed by atoms with van der Waals surface area (Å²) in [6.45, 7) is 1.78. The lowest BCUT2D eigenvalue weighted by Gasteiger charge is -2.13. The second-order valence-electron chi connectivity index (χ2n) is 4.37. The van der Waals surface area contributed by atoms with E-state index in [4.69, 9.17) is 11.6 Å². The van der Waals surface area contributed by atoms with Gasteiger partial charge < -0.3 is 5.32 Å². The summed E-state index contributed by atoms with van der Waals surface area (Å²) in [5.74, 6) is -0.423. The van der Waals surface area contributed by atoms with Gasteiger partial charge in [-0.3, -0.25) is 19.9 Å². The lowest BCUT2D eigenvalue weighted by Crippen LogP contribution is -2.27. The van der Waals surface area contributed by atoms with Crippen molar-refractivity contribution in [2.45, 2.75) is 13.0 Å². The Morgan fingerprint density at radius 1 is 1.38 bits per heavy atom. The number of nitro groups is 1. The standard InChI is InChI=1S/C14H12ClN3O3/c1-9(12-4-2-3-7-16-12)17-14(19)10-5-6-11(15)13(8-10)18(20)21/h2-9H,1H3,(H,17,19)/t9-/m0/s1. The van der Waals surface area contributed by atoms with Crippen LogP contribution < -0.4 is 5.32 Å². The van der Waals surface area contributed by atoms with Gasteiger partial charge in [-0.05, 0) is 31.2 Å². The molecular weight excluding hydrogens is 294 g/mol. The predicted octanol–water partition coefficient (Wildman–Crippen LogP) is 3.13. The highest BCUT2D eigenvalue weighted by atomic mass is 35.5. The van der Waals surface area contributed by atoms with Crippen LogP contribution in [-0.4, -0.2) is 15.8 Å². The smallest absolute Gasteiger partial charge is 0.288 e. The van der Waals surface area contributed by atoms with Gasteiger partial charge in [0, 0.05) is 17.8 Å². The average molecular weight is 306 g/mol. The van der Waals surface area contributed by atoms with Gasteiger partial charge in [0.1, 0.15) is 5.02 Å². The molecular formula is C14H12ClN3O3. The molecule has 0 aliphatic rings. The Labute approximate surface area is 125 Å². The number of aromatic nitrogens is 1. The largest absolute Gasteiger partial charge is 0.344 e. The number of halogens is 1. The average Bonchev–Trinajstić information content (AvgIpc) is 2.48. The van der Waals surface area contributed by atoms with E-state index in [1.54, 1.807) is 25.3 Å². The summed E-state index contributed by atoms with van der Waals surface area (Å²) < 4.78 is 0. The van der Waals surface area contributed by atoms with E-state index in [2.05, 4.69) is 10.3 Å². The molecule has 1 atom stereocenters. The molecule has 0 aliphatic carbocycles. The van der Waals surface area contributed by atoms with Crippen molar-refractivity contribution in [2.24, 2.45) is 0 Å². The van der Waals surface area contributed by atoms with E-state index in [1.807, 2.05) is 6.07 Å². The third-order valence-corrected chi connectivity index (χ3v) is 3.20. The van der Waals surface area contributed by atoms with Crippen LogP contribution in [0.4, 0.5) is 5.69 Å². The van der Waals surface area contributed by atoms with Crippen molar-refractivity contribution in [1.29, 1.82) is 0 Å². The molecule has 0 radical (unpaired) electrons. The number of carbonyl (C=O) groups excluding carboxylic acids is 1. The minimum Gasteiger partial charge on any atom is -0.344 e. The molecule has 0 spiro atoms. The molecule has 1 aromatic carbocycles. The Morgan fingerprint density at radius 2 is 2.14 bits per heavy atom. The molecule has 1 aromatic heterocycles. The summed E-state index contributed by atoms with van der Waals surface area (Å²) in [6, 6.07) is 9.00. The van der Waals surface area contributed by atoms with E-state index >= 15 is 0 Å². The Bertz CT molecular complexity index is 676. The molecule has 1 heterocycles. The summed E-state index contributed by atoms with van der Waals surface area (Å²) in [4.78, 5) is 26.4. The first-order chi connectivity index (χ1) is 9.99. The molecule has 0 saturated heterocycles. The number of amides is 1. The number of hydrogen-bond donors (Lipinski definition) is 1. The van der Waals surface area contributed by atoms with Crippen molar-refractivity contribution in [1.82, 2.24) is 10.3 Å². The second kappa shape index (κ2) is 6.32. The molecule has 2 rings (SSSR count). The topological polar surface area (TPSA) is 85.1 Å². The highest BCUT2D eigenvalue weighted by molar-refractivity contribution is 6.32. The third-order valence-electron chi connectivity index (χ3n) is 2.88. The zero-order valence-electron chi connectivity index (χ0n) is 11.1. The van der Waals surface area contributed by atoms with Crippen LogP contribution in [0.15, 0.2) is 42.6 Å². The number of carbonyl (C=O) groups is 1. The Hall–Kier alpha value is -2.47. The van der Waals surface area contributed by atoms with Crippen LogP contribution in [0.25, 0.3) is 0 Å². The predicted molar refractivity (Wildman–Crippen MR) is 78.2 cm³/mol. The van der Waals surface area contributed by atoms with Gasteiger partial charge in [-0.25, -0.2) is 0 Å². The zero-order chi connectivity index (χ0) is 15.4. The van der Waals surface area contributed by atoms with Crippen molar-refractivity contribution in [3.8, 4) is 0 Å². The highest BCUT2D eigenvalue weighted by Gasteiger charge is 2.18. The van der Waals surface area contributed by atoms with Crippen LogP contribution >= 0.6 is 11.6 Å². The van der Waals surface area contributed by atoms with Crippen LogP contribution in [0.5, 0.6) is 0 Å². The van der Waals surface area contributed by atoms with Gasteiger partial charge in [0.15, 0.2) is 0 Å². The molecule has 0 saturated carbocycles. The van der Waals surface area contributed by atoms with E-state index in [1.165, 1.54) is 12.1 Å². The third kappa shape index (κ3) is 3.55. The first-order valence-electron chi connectivity index (χ1n) is 6.15. The second-order valence-corrected chi connectivity index (χ2v) is 4.78. The monoisotopic (exact) mass is 305 g/mol. The number of nitrogens with zero attached hydrogens (tertiary/aromatic N) is 2. The summed E-state index contributed by atoms with van der Waals surface area (Å²) in [7, 11) is 0. The molecule has 21 heavy (non-hydrogen) atoms. The number of pyridine rings is 1. The minimum absolute atomic E-state index is 0.00526.